The first-order chi connectivity index (χ1) is 9.44. The van der Waals surface area contributed by atoms with Crippen LogP contribution in [0.3, 0.4) is 0 Å². The molecule has 2 rings (SSSR count). The maximum Gasteiger partial charge on any atom is 0.389 e. The van der Waals surface area contributed by atoms with Gasteiger partial charge in [0.05, 0.1) is 0 Å². The molecule has 0 aromatic carbocycles. The highest BCUT2D eigenvalue weighted by atomic mass is 19.4. The van der Waals surface area contributed by atoms with Crippen LogP contribution in [0.25, 0.3) is 0 Å². The number of rotatable bonds is 5. The van der Waals surface area contributed by atoms with Gasteiger partial charge in [-0.3, -0.25) is 0 Å². The Morgan fingerprint density at radius 1 is 1.45 bits per heavy atom. The van der Waals surface area contributed by atoms with E-state index in [4.69, 9.17) is 5.73 Å². The first-order valence-electron chi connectivity index (χ1n) is 6.58. The number of nitrogens with zero attached hydrogens (tertiary/aromatic N) is 3. The molecule has 1 aliphatic rings. The molecular formula is C12H18F3N5. The van der Waals surface area contributed by atoms with Crippen LogP contribution in [0.1, 0.15) is 19.3 Å². The molecule has 0 bridgehead atoms. The van der Waals surface area contributed by atoms with Crippen LogP contribution < -0.4 is 16.0 Å². The molecule has 1 aliphatic heterocycles. The van der Waals surface area contributed by atoms with Crippen LogP contribution in [0.2, 0.25) is 0 Å². The molecule has 0 saturated carbocycles. The normalized spacial score (nSPS) is 19.4. The summed E-state index contributed by atoms with van der Waals surface area (Å²) in [6.45, 7) is 1.78. The zero-order chi connectivity index (χ0) is 14.6. The Morgan fingerprint density at radius 3 is 2.90 bits per heavy atom. The molecule has 20 heavy (non-hydrogen) atoms. The van der Waals surface area contributed by atoms with E-state index in [0.29, 0.717) is 5.95 Å². The Balaban J connectivity index is 1.84. The topological polar surface area (TPSA) is 67.1 Å². The van der Waals surface area contributed by atoms with Gasteiger partial charge < -0.3 is 16.0 Å². The quantitative estimate of drug-likeness (QED) is 0.809. The van der Waals surface area contributed by atoms with Gasteiger partial charge in [0, 0.05) is 38.3 Å². The monoisotopic (exact) mass is 289 g/mol. The predicted molar refractivity (Wildman–Crippen MR) is 70.6 cm³/mol. The lowest BCUT2D eigenvalue weighted by Gasteiger charge is -2.17. The van der Waals surface area contributed by atoms with Gasteiger partial charge in [0.2, 0.25) is 5.95 Å². The zero-order valence-electron chi connectivity index (χ0n) is 11.0. The summed E-state index contributed by atoms with van der Waals surface area (Å²) < 4.78 is 36.0. The van der Waals surface area contributed by atoms with Crippen LogP contribution in [-0.4, -0.2) is 41.8 Å². The summed E-state index contributed by atoms with van der Waals surface area (Å²) in [7, 11) is 0. The molecule has 3 N–H and O–H groups in total. The first kappa shape index (κ1) is 14.8. The summed E-state index contributed by atoms with van der Waals surface area (Å²) in [4.78, 5) is 10.3. The Labute approximate surface area is 115 Å². The second kappa shape index (κ2) is 6.25. The number of hydrogen-bond donors (Lipinski definition) is 2. The molecule has 1 aromatic rings. The van der Waals surface area contributed by atoms with Gasteiger partial charge in [-0.2, -0.15) is 18.2 Å². The van der Waals surface area contributed by atoms with Crippen LogP contribution in [0.15, 0.2) is 12.3 Å². The predicted octanol–water partition coefficient (Wildman–Crippen LogP) is 1.77. The highest BCUT2D eigenvalue weighted by molar-refractivity contribution is 5.43. The lowest BCUT2D eigenvalue weighted by atomic mass is 10.3. The van der Waals surface area contributed by atoms with Crippen LogP contribution in [0.5, 0.6) is 0 Å². The van der Waals surface area contributed by atoms with E-state index in [-0.39, 0.29) is 19.0 Å². The molecule has 0 radical (unpaired) electrons. The lowest BCUT2D eigenvalue weighted by Crippen LogP contribution is -2.27. The maximum absolute atomic E-state index is 12.0. The number of halogens is 3. The van der Waals surface area contributed by atoms with E-state index in [2.05, 4.69) is 15.3 Å². The molecule has 1 saturated heterocycles. The summed E-state index contributed by atoms with van der Waals surface area (Å²) in [5.41, 5.74) is 5.83. The molecule has 0 spiro atoms. The summed E-state index contributed by atoms with van der Waals surface area (Å²) in [5, 5.41) is 2.81. The van der Waals surface area contributed by atoms with E-state index in [0.717, 1.165) is 25.3 Å². The van der Waals surface area contributed by atoms with Gasteiger partial charge in [-0.15, -0.1) is 0 Å². The number of aromatic nitrogens is 2. The molecule has 1 aromatic heterocycles. The second-order valence-electron chi connectivity index (χ2n) is 4.88. The summed E-state index contributed by atoms with van der Waals surface area (Å²) in [5.74, 6) is 1.11. The molecule has 0 aliphatic carbocycles. The fraction of sp³-hybridized carbons (Fsp3) is 0.667. The minimum atomic E-state index is -4.12. The number of nitrogens with one attached hydrogen (secondary N) is 1. The fourth-order valence-electron chi connectivity index (χ4n) is 2.09. The Morgan fingerprint density at radius 2 is 2.25 bits per heavy atom. The van der Waals surface area contributed by atoms with Crippen molar-refractivity contribution in [3.8, 4) is 0 Å². The zero-order valence-corrected chi connectivity index (χ0v) is 11.0. The molecular weight excluding hydrogens is 271 g/mol. The average molecular weight is 289 g/mol. The molecule has 2 heterocycles. The van der Waals surface area contributed by atoms with Crippen molar-refractivity contribution in [3.05, 3.63) is 12.3 Å². The Kier molecular flexibility index (Phi) is 4.64. The highest BCUT2D eigenvalue weighted by Crippen LogP contribution is 2.21. The third kappa shape index (κ3) is 4.52. The van der Waals surface area contributed by atoms with E-state index < -0.39 is 12.6 Å². The number of anilines is 2. The van der Waals surface area contributed by atoms with Crippen molar-refractivity contribution in [1.29, 1.82) is 0 Å². The number of hydrogen-bond acceptors (Lipinski definition) is 5. The molecule has 1 atom stereocenters. The largest absolute Gasteiger partial charge is 0.389 e. The van der Waals surface area contributed by atoms with Gasteiger partial charge in [0.25, 0.3) is 0 Å². The van der Waals surface area contributed by atoms with Gasteiger partial charge in [-0.1, -0.05) is 0 Å². The smallest absolute Gasteiger partial charge is 0.355 e. The maximum atomic E-state index is 12.0. The van der Waals surface area contributed by atoms with Crippen LogP contribution in [-0.2, 0) is 0 Å². The fourth-order valence-corrected chi connectivity index (χ4v) is 2.09. The van der Waals surface area contributed by atoms with Crippen LogP contribution >= 0.6 is 0 Å². The van der Waals surface area contributed by atoms with Crippen molar-refractivity contribution < 1.29 is 13.2 Å². The minimum Gasteiger partial charge on any atom is -0.355 e. The molecule has 0 unspecified atom stereocenters. The van der Waals surface area contributed by atoms with Gasteiger partial charge >= 0.3 is 6.18 Å². The average Bonchev–Trinajstić information content (AvgIpc) is 2.81. The van der Waals surface area contributed by atoms with Gasteiger partial charge in [-0.05, 0) is 18.9 Å². The molecule has 5 nitrogen and oxygen atoms in total. The summed E-state index contributed by atoms with van der Waals surface area (Å²) in [6.07, 6.45) is -2.40. The van der Waals surface area contributed by atoms with Crippen molar-refractivity contribution in [2.75, 3.05) is 29.9 Å². The highest BCUT2D eigenvalue weighted by Gasteiger charge is 2.26. The third-order valence-corrected chi connectivity index (χ3v) is 3.11. The molecule has 112 valence electrons. The van der Waals surface area contributed by atoms with Gasteiger partial charge in [0.1, 0.15) is 5.82 Å². The lowest BCUT2D eigenvalue weighted by molar-refractivity contribution is -0.134. The number of nitrogens with two attached hydrogens (primary N) is 1. The SMILES string of the molecule is N[C@@H]1CCN(c2ccnc(NCCCC(F)(F)F)n2)C1. The van der Waals surface area contributed by atoms with Crippen LogP contribution in [0.4, 0.5) is 24.9 Å². The van der Waals surface area contributed by atoms with Crippen molar-refractivity contribution in [2.45, 2.75) is 31.5 Å². The van der Waals surface area contributed by atoms with E-state index >= 15 is 0 Å². The van der Waals surface area contributed by atoms with Crippen molar-refractivity contribution in [3.63, 3.8) is 0 Å². The third-order valence-electron chi connectivity index (χ3n) is 3.11. The standard InChI is InChI=1S/C12H18F3N5/c13-12(14,15)4-1-5-17-11-18-6-2-10(19-11)20-7-3-9(16)8-20/h2,6,9H,1,3-5,7-8,16H2,(H,17,18,19)/t9-/m1/s1. The van der Waals surface area contributed by atoms with Gasteiger partial charge in [0.15, 0.2) is 0 Å². The van der Waals surface area contributed by atoms with E-state index in [1.54, 1.807) is 12.3 Å². The van der Waals surface area contributed by atoms with Crippen molar-refractivity contribution >= 4 is 11.8 Å². The minimum absolute atomic E-state index is 0.00563. The summed E-state index contributed by atoms with van der Waals surface area (Å²) >= 11 is 0. The number of alkyl halides is 3. The van der Waals surface area contributed by atoms with Gasteiger partial charge in [-0.25, -0.2) is 4.98 Å². The summed E-state index contributed by atoms with van der Waals surface area (Å²) in [6, 6.07) is 1.92. The molecule has 8 heteroatoms. The van der Waals surface area contributed by atoms with Crippen LogP contribution in [0, 0.1) is 0 Å². The first-order valence-corrected chi connectivity index (χ1v) is 6.58. The van der Waals surface area contributed by atoms with E-state index in [1.807, 2.05) is 4.90 Å². The Bertz CT molecular complexity index is 437. The van der Waals surface area contributed by atoms with Crippen molar-refractivity contribution in [1.82, 2.24) is 9.97 Å². The van der Waals surface area contributed by atoms with E-state index in [9.17, 15) is 13.2 Å². The van der Waals surface area contributed by atoms with Crippen molar-refractivity contribution in [2.24, 2.45) is 5.73 Å². The molecule has 1 fully saturated rings. The second-order valence-corrected chi connectivity index (χ2v) is 4.88. The Hall–Kier alpha value is -1.57. The molecule has 0 amide bonds. The van der Waals surface area contributed by atoms with E-state index in [1.165, 1.54) is 0 Å².